The fourth-order valence-electron chi connectivity index (χ4n) is 10.9. The van der Waals surface area contributed by atoms with Crippen molar-refractivity contribution in [3.63, 3.8) is 0 Å². The van der Waals surface area contributed by atoms with E-state index in [1.165, 1.54) is 36.6 Å². The predicted molar refractivity (Wildman–Crippen MR) is 223 cm³/mol. The number of aliphatic carboxylic acids is 2. The first kappa shape index (κ1) is 45.1. The van der Waals surface area contributed by atoms with Crippen molar-refractivity contribution in [1.29, 1.82) is 0 Å². The number of carbonyl (C=O) groups is 6. The number of ketones is 2. The van der Waals surface area contributed by atoms with Crippen molar-refractivity contribution in [3.05, 3.63) is 64.6 Å². The Hall–Kier alpha value is -4.98. The first-order chi connectivity index (χ1) is 29.3. The number of carbonyl (C=O) groups excluding carboxylic acids is 5. The number of thiazole rings is 1. The minimum Gasteiger partial charge on any atom is -0.543 e. The maximum atomic E-state index is 13.1. The summed E-state index contributed by atoms with van der Waals surface area (Å²) in [5, 5.41) is 48.9. The van der Waals surface area contributed by atoms with Crippen LogP contribution in [0.4, 0.5) is 5.13 Å². The summed E-state index contributed by atoms with van der Waals surface area (Å²) in [5.74, 6) is -2.89. The molecule has 4 aliphatic carbocycles. The molecule has 332 valence electrons. The van der Waals surface area contributed by atoms with Gasteiger partial charge in [0.05, 0.1) is 17.8 Å². The van der Waals surface area contributed by atoms with E-state index < -0.39 is 46.9 Å². The highest BCUT2D eigenvalue weighted by Crippen LogP contribution is 2.66. The maximum absolute atomic E-state index is 13.1. The van der Waals surface area contributed by atoms with Crippen molar-refractivity contribution in [2.75, 3.05) is 18.1 Å². The number of hydrogen-bond acceptors (Lipinski definition) is 15. The summed E-state index contributed by atoms with van der Waals surface area (Å²) in [5.41, 5.74) is 4.81. The predicted octanol–water partition coefficient (Wildman–Crippen LogP) is 1.37. The molecule has 0 bridgehead atoms. The molecule has 6 aliphatic rings. The van der Waals surface area contributed by atoms with Gasteiger partial charge in [-0.15, -0.1) is 23.1 Å². The normalized spacial score (nSPS) is 31.5. The highest BCUT2D eigenvalue weighted by Gasteiger charge is 2.63. The number of amides is 2. The second-order valence-corrected chi connectivity index (χ2v) is 20.0. The summed E-state index contributed by atoms with van der Waals surface area (Å²) in [6.07, 6.45) is 10.9. The van der Waals surface area contributed by atoms with Crippen molar-refractivity contribution in [3.8, 4) is 0 Å². The molecule has 62 heavy (non-hydrogen) atoms. The van der Waals surface area contributed by atoms with E-state index in [0.29, 0.717) is 36.0 Å². The molecule has 2 aliphatic heterocycles. The van der Waals surface area contributed by atoms with Gasteiger partial charge in [0.25, 0.3) is 11.8 Å². The zero-order valence-electron chi connectivity index (χ0n) is 34.9. The zero-order valence-corrected chi connectivity index (χ0v) is 36.6. The number of allylic oxidation sites excluding steroid dienone is 1. The molecule has 19 heteroatoms. The number of nitrogens with one attached hydrogen (secondary N) is 1. The Bertz CT molecular complexity index is 2260. The van der Waals surface area contributed by atoms with E-state index in [0.717, 1.165) is 48.3 Å². The fraction of sp³-hybridized carbons (Fsp3) is 0.558. The second kappa shape index (κ2) is 17.3. The topological polar surface area (TPSA) is 266 Å². The van der Waals surface area contributed by atoms with Crippen LogP contribution in [0, 0.1) is 34.5 Å². The summed E-state index contributed by atoms with van der Waals surface area (Å²) in [4.78, 5) is 83.8. The summed E-state index contributed by atoms with van der Waals surface area (Å²) >= 11 is 2.32. The van der Waals surface area contributed by atoms with Crippen molar-refractivity contribution in [2.45, 2.75) is 102 Å². The average molecular weight is 893 g/mol. The van der Waals surface area contributed by atoms with E-state index in [4.69, 9.17) is 10.6 Å². The lowest BCUT2D eigenvalue weighted by Crippen LogP contribution is -2.71. The lowest BCUT2D eigenvalue weighted by atomic mass is 9.46. The molecule has 0 aromatic carbocycles. The Balaban J connectivity index is 0.000000200. The highest BCUT2D eigenvalue weighted by molar-refractivity contribution is 8.00. The van der Waals surface area contributed by atoms with Gasteiger partial charge in [0.2, 0.25) is 5.60 Å². The summed E-state index contributed by atoms with van der Waals surface area (Å²) in [6.45, 7) is 6.77. The number of rotatable bonds is 11. The molecule has 0 unspecified atom stereocenters. The number of aromatic nitrogens is 2. The van der Waals surface area contributed by atoms with Crippen LogP contribution in [-0.4, -0.2) is 102 Å². The minimum absolute atomic E-state index is 0.0265. The molecular formula is C43H52N6O11S2. The molecule has 3 saturated carbocycles. The van der Waals surface area contributed by atoms with Crippen molar-refractivity contribution < 1.29 is 58.6 Å². The average Bonchev–Trinajstić information content (AvgIpc) is 3.82. The number of fused-ring (bicyclic) bond motifs is 6. The number of pyridine rings is 1. The second-order valence-electron chi connectivity index (χ2n) is 18.0. The summed E-state index contributed by atoms with van der Waals surface area (Å²) in [6, 6.07) is 4.36. The summed E-state index contributed by atoms with van der Waals surface area (Å²) in [7, 11) is 0. The highest BCUT2D eigenvalue weighted by atomic mass is 32.2. The van der Waals surface area contributed by atoms with Gasteiger partial charge in [-0.2, -0.15) is 0 Å². The van der Waals surface area contributed by atoms with Crippen LogP contribution < -0.4 is 20.7 Å². The van der Waals surface area contributed by atoms with Crippen LogP contribution in [-0.2, 0) is 40.1 Å². The first-order valence-corrected chi connectivity index (χ1v) is 22.6. The summed E-state index contributed by atoms with van der Waals surface area (Å²) < 4.78 is 1.78. The van der Waals surface area contributed by atoms with Crippen LogP contribution in [0.3, 0.4) is 0 Å². The third-order valence-corrected chi connectivity index (χ3v) is 16.0. The van der Waals surface area contributed by atoms with Crippen molar-refractivity contribution in [2.24, 2.45) is 39.7 Å². The molecule has 2 amide bonds. The number of carboxylic acid groups (broad SMARTS) is 2. The van der Waals surface area contributed by atoms with Crippen LogP contribution >= 0.6 is 23.1 Å². The maximum Gasteiger partial charge on any atom is 0.350 e. The molecule has 0 radical (unpaired) electrons. The molecule has 6 N–H and O–H groups in total. The third-order valence-electron chi connectivity index (χ3n) is 14.0. The molecule has 2 aromatic heterocycles. The van der Waals surface area contributed by atoms with Gasteiger partial charge in [0.15, 0.2) is 41.3 Å². The number of Topliss-reactive ketones (excluding diaryl/α,β-unsaturated/α-hetero) is 1. The number of aliphatic hydroxyl groups is 2. The minimum atomic E-state index is -1.75. The Labute approximate surface area is 366 Å². The SMILES string of the molecule is CC(C)(O/N=C(\C(=O)N[C@@H]1C(=O)N2C(C(=O)[O-])=C(C[n+]3ccccc3)CS[C@H]12)c1csc(N)n1)C(=O)O.C[C@]12C[C@H](O)[C@H]3[C@@H](CCC4=CC(=O)CC[C@@]43C)[C@@H]1CC[C@@H]2C(=O)CO. The molecule has 4 heterocycles. The number of nitrogens with two attached hydrogens (primary N) is 1. The zero-order chi connectivity index (χ0) is 44.9. The number of hydrogen-bond donors (Lipinski definition) is 5. The van der Waals surface area contributed by atoms with Gasteiger partial charge in [-0.1, -0.05) is 30.6 Å². The third kappa shape index (κ3) is 8.19. The van der Waals surface area contributed by atoms with E-state index in [1.807, 2.05) is 12.1 Å². The number of thioether (sulfide) groups is 1. The van der Waals surface area contributed by atoms with Crippen LogP contribution in [0.1, 0.15) is 78.3 Å². The molecule has 2 aromatic rings. The molecule has 0 spiro atoms. The molecular weight excluding hydrogens is 841 g/mol. The number of nitrogens with zero attached hydrogens (tertiary/aromatic N) is 4. The quantitative estimate of drug-likeness (QED) is 0.0924. The van der Waals surface area contributed by atoms with Gasteiger partial charge < -0.3 is 41.1 Å². The smallest absolute Gasteiger partial charge is 0.350 e. The molecule has 8 rings (SSSR count). The van der Waals surface area contributed by atoms with E-state index in [9.17, 15) is 49.2 Å². The number of nitrogen functional groups attached to an aromatic ring is 1. The van der Waals surface area contributed by atoms with Gasteiger partial charge >= 0.3 is 5.97 Å². The van der Waals surface area contributed by atoms with E-state index >= 15 is 0 Å². The van der Waals surface area contributed by atoms with Gasteiger partial charge in [-0.3, -0.25) is 24.1 Å². The largest absolute Gasteiger partial charge is 0.543 e. The van der Waals surface area contributed by atoms with E-state index in [-0.39, 0.29) is 69.6 Å². The molecule has 4 fully saturated rings. The van der Waals surface area contributed by atoms with Gasteiger partial charge in [-0.05, 0) is 87.0 Å². The van der Waals surface area contributed by atoms with Crippen LogP contribution in [0.15, 0.2) is 64.0 Å². The standard InChI is InChI=1S/C22H22N6O7S2.C21H30O4/c1-22(2,20(33)34)35-26-13(12-10-37-21(23)24-12)16(29)25-14-17(30)28-15(19(31)32)11(9-36-18(14)28)8-27-6-4-3-5-7-27;1-20-8-7-13(23)9-12(20)3-4-14-15-5-6-16(18(25)11-22)21(15,2)10-17(24)19(14)20/h3-7,10,14,18H,8-9H2,1-2H3,(H4-,23,24,25,29,31,32,33,34);9,14-17,19,22,24H,3-8,10-11H2,1-2H3/b26-13-;/t14-,18-;14-,15-,16+,17-,19+,20-,21-/m10/s1. The number of anilines is 1. The number of carboxylic acids is 2. The molecule has 17 nitrogen and oxygen atoms in total. The monoisotopic (exact) mass is 892 g/mol. The Kier molecular flexibility index (Phi) is 12.6. The Morgan fingerprint density at radius 1 is 1.13 bits per heavy atom. The van der Waals surface area contributed by atoms with Gasteiger partial charge in [0, 0.05) is 41.2 Å². The van der Waals surface area contributed by atoms with Gasteiger partial charge in [0.1, 0.15) is 23.7 Å². The Morgan fingerprint density at radius 3 is 2.50 bits per heavy atom. The lowest BCUT2D eigenvalue weighted by molar-refractivity contribution is -0.689. The van der Waals surface area contributed by atoms with E-state index in [1.54, 1.807) is 29.1 Å². The van der Waals surface area contributed by atoms with Crippen LogP contribution in [0.5, 0.6) is 0 Å². The number of aliphatic hydroxyl groups excluding tert-OH is 2. The lowest BCUT2D eigenvalue weighted by Gasteiger charge is -2.59. The first-order valence-electron chi connectivity index (χ1n) is 20.7. The fourth-order valence-corrected chi connectivity index (χ4v) is 12.8. The van der Waals surface area contributed by atoms with Crippen molar-refractivity contribution >= 4 is 69.3 Å². The van der Waals surface area contributed by atoms with E-state index in [2.05, 4.69) is 29.3 Å². The molecule has 9 atom stereocenters. The van der Waals surface area contributed by atoms with Crippen LogP contribution in [0.2, 0.25) is 0 Å². The van der Waals surface area contributed by atoms with Gasteiger partial charge in [-0.25, -0.2) is 14.3 Å². The number of oxime groups is 1. The Morgan fingerprint density at radius 2 is 1.85 bits per heavy atom. The van der Waals surface area contributed by atoms with Crippen molar-refractivity contribution in [1.82, 2.24) is 15.2 Å². The molecule has 1 saturated heterocycles. The number of β-lactam (4-membered cyclic amide) rings is 1. The van der Waals surface area contributed by atoms with Crippen LogP contribution in [0.25, 0.3) is 0 Å².